The summed E-state index contributed by atoms with van der Waals surface area (Å²) in [6.07, 6.45) is 5.23. The summed E-state index contributed by atoms with van der Waals surface area (Å²) in [5, 5.41) is 12.1. The molecule has 1 amide bonds. The molecular weight excluding hydrogens is 322 g/mol. The monoisotopic (exact) mass is 347 g/mol. The smallest absolute Gasteiger partial charge is 0.330 e. The van der Waals surface area contributed by atoms with Crippen LogP contribution in [-0.2, 0) is 20.7 Å². The molecule has 1 saturated carbocycles. The summed E-state index contributed by atoms with van der Waals surface area (Å²) >= 11 is 0. The number of fused-ring (bicyclic) bond motifs is 1. The van der Waals surface area contributed by atoms with Crippen molar-refractivity contribution in [1.82, 2.24) is 5.32 Å². The zero-order valence-corrected chi connectivity index (χ0v) is 14.5. The van der Waals surface area contributed by atoms with Crippen molar-refractivity contribution in [2.24, 2.45) is 5.92 Å². The van der Waals surface area contributed by atoms with E-state index >= 15 is 0 Å². The number of benzene rings is 1. The zero-order chi connectivity index (χ0) is 17.8. The van der Waals surface area contributed by atoms with Crippen molar-refractivity contribution >= 4 is 11.9 Å². The Balaban J connectivity index is 1.59. The van der Waals surface area contributed by atoms with Gasteiger partial charge in [0.05, 0.1) is 12.7 Å². The molecule has 0 bridgehead atoms. The summed E-state index contributed by atoms with van der Waals surface area (Å²) in [6, 6.07) is 4.17. The molecule has 3 rings (SSSR count). The molecule has 1 aliphatic heterocycles. The first-order valence-corrected chi connectivity index (χ1v) is 8.94. The minimum Gasteiger partial charge on any atom is -0.493 e. The van der Waals surface area contributed by atoms with Gasteiger partial charge in [-0.05, 0) is 42.0 Å². The quantitative estimate of drug-likeness (QED) is 0.826. The lowest BCUT2D eigenvalue weighted by molar-refractivity contribution is -0.143. The van der Waals surface area contributed by atoms with E-state index in [-0.39, 0.29) is 12.7 Å². The highest BCUT2D eigenvalue weighted by atomic mass is 16.5. The van der Waals surface area contributed by atoms with E-state index in [0.29, 0.717) is 18.1 Å². The van der Waals surface area contributed by atoms with Gasteiger partial charge in [-0.1, -0.05) is 25.8 Å². The second-order valence-electron chi connectivity index (χ2n) is 6.92. The Labute approximate surface area is 147 Å². The molecule has 0 spiro atoms. The van der Waals surface area contributed by atoms with E-state index in [9.17, 15) is 14.7 Å². The third-order valence-electron chi connectivity index (χ3n) is 5.06. The molecule has 2 aliphatic rings. The highest BCUT2D eigenvalue weighted by molar-refractivity contribution is 5.85. The maximum absolute atomic E-state index is 12.2. The van der Waals surface area contributed by atoms with Crippen molar-refractivity contribution in [3.8, 4) is 5.75 Å². The lowest BCUT2D eigenvalue weighted by atomic mass is 9.88. The van der Waals surface area contributed by atoms with Crippen molar-refractivity contribution in [2.45, 2.75) is 51.2 Å². The number of nitrogens with one attached hydrogen (secondary N) is 1. The van der Waals surface area contributed by atoms with Crippen molar-refractivity contribution in [2.75, 3.05) is 13.2 Å². The van der Waals surface area contributed by atoms with E-state index in [0.717, 1.165) is 37.0 Å². The van der Waals surface area contributed by atoms with Crippen LogP contribution in [0.15, 0.2) is 18.2 Å². The molecule has 1 fully saturated rings. The standard InChI is InChI=1S/C19H25NO5/c1-12-4-2-3-5-15(12)25-11-17(21)20-18(19(22)23)14-6-7-16-13(10-14)8-9-24-16/h6-7,10,12,15,18H,2-5,8-9,11H2,1H3,(H,20,21)(H,22,23). The molecule has 1 aromatic rings. The van der Waals surface area contributed by atoms with Crippen LogP contribution in [0.5, 0.6) is 5.75 Å². The van der Waals surface area contributed by atoms with Crippen LogP contribution in [0.2, 0.25) is 0 Å². The van der Waals surface area contributed by atoms with Crippen molar-refractivity contribution in [3.05, 3.63) is 29.3 Å². The molecule has 0 aromatic heterocycles. The molecule has 1 aliphatic carbocycles. The van der Waals surface area contributed by atoms with Gasteiger partial charge in [-0.25, -0.2) is 4.79 Å². The fourth-order valence-corrected chi connectivity index (χ4v) is 3.59. The highest BCUT2D eigenvalue weighted by Crippen LogP contribution is 2.29. The van der Waals surface area contributed by atoms with E-state index in [4.69, 9.17) is 9.47 Å². The summed E-state index contributed by atoms with van der Waals surface area (Å²) in [6.45, 7) is 2.64. The lowest BCUT2D eigenvalue weighted by Gasteiger charge is -2.28. The van der Waals surface area contributed by atoms with Gasteiger partial charge in [0.2, 0.25) is 5.91 Å². The Morgan fingerprint density at radius 2 is 2.16 bits per heavy atom. The van der Waals surface area contributed by atoms with Gasteiger partial charge in [0.1, 0.15) is 12.4 Å². The molecule has 2 N–H and O–H groups in total. The number of rotatable bonds is 6. The minimum atomic E-state index is -1.08. The van der Waals surface area contributed by atoms with Crippen molar-refractivity contribution < 1.29 is 24.2 Å². The number of carbonyl (C=O) groups excluding carboxylic acids is 1. The van der Waals surface area contributed by atoms with Crippen LogP contribution in [0.25, 0.3) is 0 Å². The van der Waals surface area contributed by atoms with Crippen LogP contribution < -0.4 is 10.1 Å². The molecule has 6 heteroatoms. The van der Waals surface area contributed by atoms with E-state index < -0.39 is 17.9 Å². The van der Waals surface area contributed by atoms with Gasteiger partial charge in [-0.3, -0.25) is 4.79 Å². The normalized spacial score (nSPS) is 23.4. The Kier molecular flexibility index (Phi) is 5.58. The van der Waals surface area contributed by atoms with Gasteiger partial charge in [0.15, 0.2) is 6.04 Å². The van der Waals surface area contributed by atoms with E-state index in [2.05, 4.69) is 12.2 Å². The third kappa shape index (κ3) is 4.31. The van der Waals surface area contributed by atoms with Crippen molar-refractivity contribution in [1.29, 1.82) is 0 Å². The number of hydrogen-bond acceptors (Lipinski definition) is 4. The van der Waals surface area contributed by atoms with Crippen LogP contribution in [0.3, 0.4) is 0 Å². The Hall–Kier alpha value is -2.08. The van der Waals surface area contributed by atoms with E-state index in [1.54, 1.807) is 18.2 Å². The minimum absolute atomic E-state index is 0.0833. The summed E-state index contributed by atoms with van der Waals surface area (Å²) in [7, 11) is 0. The zero-order valence-electron chi connectivity index (χ0n) is 14.5. The molecule has 0 radical (unpaired) electrons. The summed E-state index contributed by atoms with van der Waals surface area (Å²) < 4.78 is 11.2. The molecule has 1 aromatic carbocycles. The molecule has 3 unspecified atom stereocenters. The second-order valence-corrected chi connectivity index (χ2v) is 6.92. The molecule has 6 nitrogen and oxygen atoms in total. The molecule has 136 valence electrons. The first kappa shape index (κ1) is 17.7. The number of amides is 1. The Bertz CT molecular complexity index is 645. The van der Waals surface area contributed by atoms with Gasteiger partial charge in [-0.2, -0.15) is 0 Å². The van der Waals surface area contributed by atoms with Gasteiger partial charge in [0.25, 0.3) is 0 Å². The summed E-state index contributed by atoms with van der Waals surface area (Å²) in [4.78, 5) is 23.8. The van der Waals surface area contributed by atoms with Gasteiger partial charge in [0, 0.05) is 6.42 Å². The first-order chi connectivity index (χ1) is 12.0. The number of carboxylic acids is 1. The number of carboxylic acid groups (broad SMARTS) is 1. The van der Waals surface area contributed by atoms with E-state index in [1.807, 2.05) is 0 Å². The topological polar surface area (TPSA) is 84.9 Å². The Morgan fingerprint density at radius 3 is 2.92 bits per heavy atom. The molecular formula is C19H25NO5. The van der Waals surface area contributed by atoms with Crippen molar-refractivity contribution in [3.63, 3.8) is 0 Å². The van der Waals surface area contributed by atoms with E-state index in [1.165, 1.54) is 6.42 Å². The highest BCUT2D eigenvalue weighted by Gasteiger charge is 2.26. The molecule has 0 saturated heterocycles. The second kappa shape index (κ2) is 7.87. The summed E-state index contributed by atoms with van der Waals surface area (Å²) in [5.41, 5.74) is 1.53. The van der Waals surface area contributed by atoms with Crippen LogP contribution >= 0.6 is 0 Å². The fourth-order valence-electron chi connectivity index (χ4n) is 3.59. The van der Waals surface area contributed by atoms with Gasteiger partial charge >= 0.3 is 5.97 Å². The van der Waals surface area contributed by atoms with Gasteiger partial charge < -0.3 is 19.9 Å². The maximum Gasteiger partial charge on any atom is 0.330 e. The lowest BCUT2D eigenvalue weighted by Crippen LogP contribution is -2.38. The molecule has 1 heterocycles. The van der Waals surface area contributed by atoms with Crippen LogP contribution in [0, 0.1) is 5.92 Å². The average Bonchev–Trinajstić information content (AvgIpc) is 3.06. The first-order valence-electron chi connectivity index (χ1n) is 8.94. The maximum atomic E-state index is 12.2. The van der Waals surface area contributed by atoms with Crippen LogP contribution in [-0.4, -0.2) is 36.3 Å². The Morgan fingerprint density at radius 1 is 1.36 bits per heavy atom. The van der Waals surface area contributed by atoms with Crippen LogP contribution in [0.1, 0.15) is 49.8 Å². The number of carbonyl (C=O) groups is 2. The molecule has 3 atom stereocenters. The number of hydrogen-bond donors (Lipinski definition) is 2. The predicted molar refractivity (Wildman–Crippen MR) is 91.5 cm³/mol. The number of ether oxygens (including phenoxy) is 2. The largest absolute Gasteiger partial charge is 0.493 e. The summed E-state index contributed by atoms with van der Waals surface area (Å²) in [5.74, 6) is -0.262. The average molecular weight is 347 g/mol. The SMILES string of the molecule is CC1CCCCC1OCC(=O)NC(C(=O)O)c1ccc2c(c1)CCO2. The fraction of sp³-hybridized carbons (Fsp3) is 0.579. The third-order valence-corrected chi connectivity index (χ3v) is 5.06. The van der Waals surface area contributed by atoms with Gasteiger partial charge in [-0.15, -0.1) is 0 Å². The van der Waals surface area contributed by atoms with Crippen LogP contribution in [0.4, 0.5) is 0 Å². The number of aliphatic carboxylic acids is 1. The molecule has 25 heavy (non-hydrogen) atoms. The predicted octanol–water partition coefficient (Wildman–Crippen LogP) is 2.46.